The molecule has 0 saturated heterocycles. The van der Waals surface area contributed by atoms with Gasteiger partial charge in [-0.1, -0.05) is 0 Å². The second kappa shape index (κ2) is 2.81. The van der Waals surface area contributed by atoms with E-state index in [9.17, 15) is 0 Å². The third kappa shape index (κ3) is 2.28. The molecule has 1 aliphatic carbocycles. The molecule has 0 saturated carbocycles. The molecule has 0 radical (unpaired) electrons. The van der Waals surface area contributed by atoms with Gasteiger partial charge in [-0.2, -0.15) is 0 Å². The van der Waals surface area contributed by atoms with Crippen LogP contribution < -0.4 is 0 Å². The summed E-state index contributed by atoms with van der Waals surface area (Å²) >= 11 is 0. The van der Waals surface area contributed by atoms with Crippen LogP contribution >= 0.6 is 0 Å². The molecule has 0 heterocycles. The standard InChI is InChI=1S/C11H19Si/c1-11(2)8-6-10(7-9-11)12(3,4)5/h6-9H,1-5H3/q+1. The smallest absolute Gasteiger partial charge is 0.0475 e. The normalized spacial score (nSPS) is 21.6. The van der Waals surface area contributed by atoms with Crippen LogP contribution in [0, 0.1) is 11.8 Å². The van der Waals surface area contributed by atoms with Crippen LogP contribution in [0.4, 0.5) is 0 Å². The van der Waals surface area contributed by atoms with Crippen LogP contribution in [0.2, 0.25) is 19.6 Å². The molecule has 0 aromatic carbocycles. The minimum absolute atomic E-state index is 0.267. The molecule has 0 nitrogen and oxygen atoms in total. The molecule has 0 aromatic rings. The largest absolute Gasteiger partial charge is 0.177 e. The highest BCUT2D eigenvalue weighted by atomic mass is 28.3. The van der Waals surface area contributed by atoms with Crippen LogP contribution in [0.1, 0.15) is 13.8 Å². The van der Waals surface area contributed by atoms with E-state index in [1.54, 1.807) is 5.20 Å². The van der Waals surface area contributed by atoms with Crippen molar-refractivity contribution in [3.05, 3.63) is 29.8 Å². The molecule has 12 heavy (non-hydrogen) atoms. The molecule has 0 N–H and O–H groups in total. The lowest BCUT2D eigenvalue weighted by Crippen LogP contribution is -2.25. The first-order valence-electron chi connectivity index (χ1n) is 4.57. The van der Waals surface area contributed by atoms with E-state index in [-0.39, 0.29) is 5.41 Å². The molecule has 0 bridgehead atoms. The zero-order valence-electron chi connectivity index (χ0n) is 8.81. The number of allylic oxidation sites excluding steroid dienone is 4. The van der Waals surface area contributed by atoms with Crippen LogP contribution in [-0.4, -0.2) is 8.07 Å². The van der Waals surface area contributed by atoms with Gasteiger partial charge < -0.3 is 0 Å². The molecule has 0 unspecified atom stereocenters. The maximum absolute atomic E-state index is 2.38. The molecule has 1 rings (SSSR count). The average molecular weight is 179 g/mol. The molecule has 0 spiro atoms. The Hall–Kier alpha value is -0.433. The summed E-state index contributed by atoms with van der Waals surface area (Å²) in [7, 11) is -1.08. The monoisotopic (exact) mass is 179 g/mol. The Morgan fingerprint density at radius 2 is 1.83 bits per heavy atom. The van der Waals surface area contributed by atoms with Crippen molar-refractivity contribution < 1.29 is 0 Å². The molecule has 1 heteroatoms. The summed E-state index contributed by atoms with van der Waals surface area (Å²) in [6.45, 7) is 11.6. The maximum atomic E-state index is 2.38. The third-order valence-electron chi connectivity index (χ3n) is 2.25. The van der Waals surface area contributed by atoms with Crippen molar-refractivity contribution in [2.24, 2.45) is 5.41 Å². The van der Waals surface area contributed by atoms with E-state index in [4.69, 9.17) is 0 Å². The first kappa shape index (κ1) is 9.65. The van der Waals surface area contributed by atoms with Gasteiger partial charge in [-0.3, -0.25) is 0 Å². The highest BCUT2D eigenvalue weighted by Gasteiger charge is 2.31. The first-order valence-corrected chi connectivity index (χ1v) is 8.07. The zero-order valence-corrected chi connectivity index (χ0v) is 9.81. The Morgan fingerprint density at radius 3 is 2.17 bits per heavy atom. The van der Waals surface area contributed by atoms with Crippen LogP contribution in [-0.2, 0) is 0 Å². The van der Waals surface area contributed by atoms with Crippen LogP contribution in [0.5, 0.6) is 0 Å². The molecule has 66 valence electrons. The van der Waals surface area contributed by atoms with Crippen molar-refractivity contribution in [1.82, 2.24) is 0 Å². The molecule has 0 aromatic heterocycles. The summed E-state index contributed by atoms with van der Waals surface area (Å²) in [4.78, 5) is 0. The van der Waals surface area contributed by atoms with Crippen LogP contribution in [0.25, 0.3) is 0 Å². The van der Waals surface area contributed by atoms with Gasteiger partial charge >= 0.3 is 0 Å². The predicted octanol–water partition coefficient (Wildman–Crippen LogP) is 3.59. The van der Waals surface area contributed by atoms with Crippen molar-refractivity contribution in [2.45, 2.75) is 33.5 Å². The lowest BCUT2D eigenvalue weighted by molar-refractivity contribution is 0.583. The van der Waals surface area contributed by atoms with Gasteiger partial charge in [-0.05, 0) is 39.6 Å². The SMILES string of the molecule is CC1(C)C=CC([Si](C)(C)C)=C[CH+]1. The van der Waals surface area contributed by atoms with Crippen molar-refractivity contribution in [3.63, 3.8) is 0 Å². The topological polar surface area (TPSA) is 0 Å². The number of rotatable bonds is 1. The van der Waals surface area contributed by atoms with Gasteiger partial charge in [-0.25, -0.2) is 0 Å². The lowest BCUT2D eigenvalue weighted by Gasteiger charge is -2.19. The highest BCUT2D eigenvalue weighted by molar-refractivity contribution is 6.83. The van der Waals surface area contributed by atoms with Crippen molar-refractivity contribution >= 4 is 8.07 Å². The number of hydrogen-bond acceptors (Lipinski definition) is 0. The Balaban J connectivity index is 2.78. The van der Waals surface area contributed by atoms with Gasteiger partial charge in [0.05, 0.1) is 11.5 Å². The Kier molecular flexibility index (Phi) is 2.26. The van der Waals surface area contributed by atoms with Crippen LogP contribution in [0.15, 0.2) is 23.4 Å². The summed E-state index contributed by atoms with van der Waals surface area (Å²) in [6, 6.07) is 0. The summed E-state index contributed by atoms with van der Waals surface area (Å²) in [6.07, 6.45) is 9.24. The third-order valence-corrected chi connectivity index (χ3v) is 4.32. The highest BCUT2D eigenvalue weighted by Crippen LogP contribution is 2.30. The van der Waals surface area contributed by atoms with E-state index < -0.39 is 8.07 Å². The molecule has 0 fully saturated rings. The van der Waals surface area contributed by atoms with E-state index in [1.807, 2.05) is 0 Å². The van der Waals surface area contributed by atoms with Gasteiger partial charge in [0.15, 0.2) is 8.07 Å². The van der Waals surface area contributed by atoms with Gasteiger partial charge in [0.2, 0.25) is 0 Å². The van der Waals surface area contributed by atoms with Gasteiger partial charge in [0.1, 0.15) is 0 Å². The second-order valence-electron chi connectivity index (χ2n) is 5.19. The fourth-order valence-electron chi connectivity index (χ4n) is 1.22. The van der Waals surface area contributed by atoms with E-state index >= 15 is 0 Å². The Morgan fingerprint density at radius 1 is 1.25 bits per heavy atom. The fourth-order valence-corrected chi connectivity index (χ4v) is 2.39. The average Bonchev–Trinajstić information content (AvgIpc) is 1.83. The van der Waals surface area contributed by atoms with Crippen LogP contribution in [0.3, 0.4) is 0 Å². The van der Waals surface area contributed by atoms with Crippen molar-refractivity contribution in [2.75, 3.05) is 0 Å². The molecule has 0 amide bonds. The molecule has 1 aliphatic rings. The van der Waals surface area contributed by atoms with Crippen molar-refractivity contribution in [3.8, 4) is 0 Å². The minimum Gasteiger partial charge on any atom is -0.0475 e. The fraction of sp³-hybridized carbons (Fsp3) is 0.545. The molecular weight excluding hydrogens is 160 g/mol. The van der Waals surface area contributed by atoms with E-state index in [2.05, 4.69) is 58.1 Å². The summed E-state index contributed by atoms with van der Waals surface area (Å²) in [5.41, 5.74) is 0.267. The molecule has 0 aliphatic heterocycles. The van der Waals surface area contributed by atoms with E-state index in [1.165, 1.54) is 0 Å². The molecule has 0 atom stereocenters. The van der Waals surface area contributed by atoms with Crippen molar-refractivity contribution in [1.29, 1.82) is 0 Å². The van der Waals surface area contributed by atoms with Gasteiger partial charge in [0.25, 0.3) is 0 Å². The summed E-state index contributed by atoms with van der Waals surface area (Å²) < 4.78 is 0. The Bertz CT molecular complexity index is 226. The summed E-state index contributed by atoms with van der Waals surface area (Å²) in [5.74, 6) is 0. The maximum Gasteiger partial charge on any atom is 0.177 e. The first-order chi connectivity index (χ1) is 5.31. The zero-order chi connectivity index (χ0) is 9.41. The minimum atomic E-state index is -1.08. The second-order valence-corrected chi connectivity index (χ2v) is 10.3. The number of hydrogen-bond donors (Lipinski definition) is 0. The van der Waals surface area contributed by atoms with E-state index in [0.29, 0.717) is 0 Å². The summed E-state index contributed by atoms with van der Waals surface area (Å²) in [5, 5.41) is 1.56. The van der Waals surface area contributed by atoms with E-state index in [0.717, 1.165) is 0 Å². The lowest BCUT2D eigenvalue weighted by atomic mass is 9.86. The van der Waals surface area contributed by atoms with Gasteiger partial charge in [0, 0.05) is 17.7 Å². The quantitative estimate of drug-likeness (QED) is 0.426. The Labute approximate surface area is 77.4 Å². The molecular formula is C11H19Si+. The predicted molar refractivity (Wildman–Crippen MR) is 58.7 cm³/mol. The van der Waals surface area contributed by atoms with Gasteiger partial charge in [-0.15, -0.1) is 0 Å².